The van der Waals surface area contributed by atoms with E-state index in [0.29, 0.717) is 29.7 Å². The summed E-state index contributed by atoms with van der Waals surface area (Å²) in [7, 11) is 18.9. The molecule has 4 aromatic rings. The molecule has 11 unspecified atom stereocenters. The molecule has 0 heterocycles. The van der Waals surface area contributed by atoms with E-state index in [-0.39, 0.29) is 27.2 Å². The molecule has 0 aromatic heterocycles. The molecule has 0 saturated heterocycles. The van der Waals surface area contributed by atoms with Crippen LogP contribution in [0, 0.1) is 10.8 Å². The van der Waals surface area contributed by atoms with Crippen LogP contribution in [0.2, 0.25) is 5.82 Å². The summed E-state index contributed by atoms with van der Waals surface area (Å²) >= 11 is 2.48. The van der Waals surface area contributed by atoms with Gasteiger partial charge in [-0.3, -0.25) is 0 Å². The van der Waals surface area contributed by atoms with Gasteiger partial charge in [0.05, 0.1) is 3.16 Å². The van der Waals surface area contributed by atoms with Crippen LogP contribution in [0.5, 0.6) is 17.2 Å². The molecule has 3 nitrogen and oxygen atoms in total. The van der Waals surface area contributed by atoms with Gasteiger partial charge in [0.25, 0.3) is 0 Å². The lowest BCUT2D eigenvalue weighted by Gasteiger charge is -2.47. The fourth-order valence-corrected chi connectivity index (χ4v) is 8.17. The minimum atomic E-state index is -1.70. The molecule has 11 atom stereocenters. The fraction of sp³-hybridized carbons (Fsp3) is 0.429. The van der Waals surface area contributed by atoms with Crippen LogP contribution in [0.3, 0.4) is 0 Å². The van der Waals surface area contributed by atoms with Crippen molar-refractivity contribution in [1.82, 2.24) is 0 Å². The summed E-state index contributed by atoms with van der Waals surface area (Å²) in [5, 5.41) is -4.67. The zero-order valence-corrected chi connectivity index (χ0v) is 42.5. The van der Waals surface area contributed by atoms with Crippen LogP contribution in [-0.2, 0) is 0 Å². The molecule has 0 aliphatic carbocycles. The van der Waals surface area contributed by atoms with Gasteiger partial charge in [-0.2, -0.15) is 0 Å². The van der Waals surface area contributed by atoms with Gasteiger partial charge in [-0.05, 0) is 79.3 Å². The van der Waals surface area contributed by atoms with Gasteiger partial charge in [0.1, 0.15) is 60.6 Å². The highest BCUT2D eigenvalue weighted by molar-refractivity contribution is 14.1. The molecule has 4 rings (SSSR count). The smallest absolute Gasteiger partial charge is 0.159 e. The summed E-state index contributed by atoms with van der Waals surface area (Å²) in [6, 6.07) is 30.4. The lowest BCUT2D eigenvalue weighted by Crippen LogP contribution is -2.54. The van der Waals surface area contributed by atoms with Crippen molar-refractivity contribution in [3.63, 3.8) is 0 Å². The standard InChI is InChI=1S/C42H59B3F2IO3P5/c1-36(2,3)35(43)39(48,53)23-49-33-20-31(21-34(22-33)51-25-41(47,55)42(45,56)37(4,5)6)30-14-12-27(13-15-30)26-8-10-28(11-9-26)29-16-18-32(19-17-29)50-24-40(46,54)38(7,44)52/h8-22,35H,23-25,43-45,52-56H2,1-7H3. The summed E-state index contributed by atoms with van der Waals surface area (Å²) in [4.78, 5) is 0. The number of benzene rings is 4. The Bertz CT molecular complexity index is 1930. The third-order valence-electron chi connectivity index (χ3n) is 11.4. The van der Waals surface area contributed by atoms with Crippen molar-refractivity contribution in [1.29, 1.82) is 0 Å². The first-order valence-corrected chi connectivity index (χ1v) is 22.9. The molecule has 0 N–H and O–H groups in total. The number of hydrogen-bond acceptors (Lipinski definition) is 3. The third kappa shape index (κ3) is 11.9. The Hall–Kier alpha value is -0.785. The number of alkyl halides is 3. The van der Waals surface area contributed by atoms with Gasteiger partial charge in [-0.25, -0.2) is 8.78 Å². The molecule has 14 heteroatoms. The van der Waals surface area contributed by atoms with Crippen LogP contribution < -0.4 is 14.2 Å². The van der Waals surface area contributed by atoms with Crippen LogP contribution in [-0.4, -0.2) is 67.5 Å². The van der Waals surface area contributed by atoms with Crippen molar-refractivity contribution in [3.05, 3.63) is 91.0 Å². The van der Waals surface area contributed by atoms with Crippen LogP contribution in [0.25, 0.3) is 33.4 Å². The van der Waals surface area contributed by atoms with Crippen LogP contribution in [0.4, 0.5) is 8.78 Å². The van der Waals surface area contributed by atoms with Gasteiger partial charge in [0, 0.05) is 11.1 Å². The zero-order valence-electron chi connectivity index (χ0n) is 34.6. The van der Waals surface area contributed by atoms with E-state index in [4.69, 9.17) is 14.2 Å². The molecule has 56 heavy (non-hydrogen) atoms. The van der Waals surface area contributed by atoms with Crippen LogP contribution >= 0.6 is 68.8 Å². The normalized spacial score (nSPS) is 18.3. The molecule has 4 aromatic carbocycles. The summed E-state index contributed by atoms with van der Waals surface area (Å²) in [6.45, 7) is 15.0. The van der Waals surface area contributed by atoms with Gasteiger partial charge in [-0.1, -0.05) is 150 Å². The molecular formula is C42H59B3F2IO3P5. The van der Waals surface area contributed by atoms with Crippen molar-refractivity contribution < 1.29 is 23.0 Å². The van der Waals surface area contributed by atoms with Crippen LogP contribution in [0.1, 0.15) is 48.5 Å². The van der Waals surface area contributed by atoms with Crippen molar-refractivity contribution in [2.24, 2.45) is 10.8 Å². The first-order valence-electron chi connectivity index (χ1n) is 18.9. The Morgan fingerprint density at radius 3 is 1.25 bits per heavy atom. The maximum absolute atomic E-state index is 16.3. The lowest BCUT2D eigenvalue weighted by molar-refractivity contribution is 0.109. The molecule has 0 bridgehead atoms. The molecule has 0 spiro atoms. The zero-order chi connectivity index (χ0) is 42.1. The predicted molar refractivity (Wildman–Crippen MR) is 272 cm³/mol. The highest BCUT2D eigenvalue weighted by Gasteiger charge is 2.50. The summed E-state index contributed by atoms with van der Waals surface area (Å²) in [5.74, 6) is 2.19. The molecule has 0 amide bonds. The number of ether oxygens (including phenoxy) is 3. The lowest BCUT2D eigenvalue weighted by atomic mass is 9.64. The predicted octanol–water partition coefficient (Wildman–Crippen LogP) is 9.85. The highest BCUT2D eigenvalue weighted by atomic mass is 127. The Labute approximate surface area is 363 Å². The highest BCUT2D eigenvalue weighted by Crippen LogP contribution is 2.50. The minimum Gasteiger partial charge on any atom is -0.492 e. The van der Waals surface area contributed by atoms with Crippen LogP contribution in [0.15, 0.2) is 91.0 Å². The summed E-state index contributed by atoms with van der Waals surface area (Å²) in [5.41, 5.74) is 5.97. The molecule has 0 saturated carbocycles. The molecular weight excluding hydrogens is 905 g/mol. The third-order valence-corrected chi connectivity index (χ3v) is 17.5. The number of halogens is 3. The van der Waals surface area contributed by atoms with Crippen molar-refractivity contribution in [2.75, 3.05) is 19.8 Å². The molecule has 0 radical (unpaired) electrons. The first kappa shape index (κ1) is 47.9. The van der Waals surface area contributed by atoms with Gasteiger partial charge in [-0.15, -0.1) is 27.7 Å². The van der Waals surface area contributed by atoms with Crippen molar-refractivity contribution >= 4 is 92.3 Å². The second-order valence-corrected chi connectivity index (χ2v) is 26.8. The van der Waals surface area contributed by atoms with E-state index in [9.17, 15) is 4.39 Å². The van der Waals surface area contributed by atoms with Crippen molar-refractivity contribution in [3.8, 4) is 50.6 Å². The number of hydrogen-bond donors (Lipinski definition) is 0. The van der Waals surface area contributed by atoms with Gasteiger partial charge >= 0.3 is 0 Å². The van der Waals surface area contributed by atoms with Crippen molar-refractivity contribution in [2.45, 2.75) is 78.4 Å². The minimum absolute atomic E-state index is 0.0587. The summed E-state index contributed by atoms with van der Waals surface area (Å²) in [6.07, 6.45) is 0. The van der Waals surface area contributed by atoms with E-state index in [1.54, 1.807) is 0 Å². The average molecular weight is 964 g/mol. The summed E-state index contributed by atoms with van der Waals surface area (Å²) < 4.78 is 49.6. The van der Waals surface area contributed by atoms with Gasteiger partial charge in [0.15, 0.2) is 10.8 Å². The second kappa shape index (κ2) is 18.1. The quantitative estimate of drug-likeness (QED) is 0.0515. The van der Waals surface area contributed by atoms with Gasteiger partial charge in [0.2, 0.25) is 0 Å². The molecule has 0 aliphatic heterocycles. The second-order valence-electron chi connectivity index (χ2n) is 18.2. The largest absolute Gasteiger partial charge is 0.492 e. The van der Waals surface area contributed by atoms with E-state index in [2.05, 4.69) is 146 Å². The van der Waals surface area contributed by atoms with E-state index in [0.717, 1.165) is 33.4 Å². The average Bonchev–Trinajstić information content (AvgIpc) is 3.11. The Balaban J connectivity index is 1.55. The Morgan fingerprint density at radius 2 is 0.875 bits per heavy atom. The topological polar surface area (TPSA) is 27.7 Å². The monoisotopic (exact) mass is 964 g/mol. The molecule has 300 valence electrons. The maximum atomic E-state index is 16.3. The SMILES string of the molecule is BC(C(C)(C)C)C(P)(I)COc1cc(OCC(F)(P)C(B)(P)C(C)(C)C)cc(-c2ccc(-c3ccc(-c4ccc(OCC(F)(P)C(B)(C)P)cc4)cc3)cc2)c1. The first-order chi connectivity index (χ1) is 25.5. The molecule has 0 fully saturated rings. The Kier molecular flexibility index (Phi) is 15.4. The van der Waals surface area contributed by atoms with E-state index >= 15 is 4.39 Å². The molecule has 0 aliphatic rings. The fourth-order valence-electron chi connectivity index (χ4n) is 5.73. The van der Waals surface area contributed by atoms with E-state index in [1.807, 2.05) is 85.9 Å². The Morgan fingerprint density at radius 1 is 0.536 bits per heavy atom. The van der Waals surface area contributed by atoms with E-state index in [1.165, 1.54) is 0 Å². The van der Waals surface area contributed by atoms with E-state index < -0.39 is 20.9 Å². The number of rotatable bonds is 15. The maximum Gasteiger partial charge on any atom is 0.159 e. The van der Waals surface area contributed by atoms with Gasteiger partial charge < -0.3 is 14.2 Å².